The fourth-order valence-corrected chi connectivity index (χ4v) is 2.38. The standard InChI is InChI=1S/C19H23N3O2/c1-14(22(3)18(23)13-20-2)16-10-7-11-17(12-16)21-19(24)15-8-5-4-6-9-15/h4-12,14,20H,13H2,1-3H3,(H,21,24)/t14-/m0/s1. The summed E-state index contributed by atoms with van der Waals surface area (Å²) in [5.41, 5.74) is 2.28. The summed E-state index contributed by atoms with van der Waals surface area (Å²) in [6, 6.07) is 16.6. The smallest absolute Gasteiger partial charge is 0.255 e. The number of carbonyl (C=O) groups excluding carboxylic acids is 2. The topological polar surface area (TPSA) is 61.4 Å². The maximum absolute atomic E-state index is 12.2. The largest absolute Gasteiger partial charge is 0.338 e. The van der Waals surface area contributed by atoms with Gasteiger partial charge in [-0.1, -0.05) is 30.3 Å². The number of anilines is 1. The number of carbonyl (C=O) groups is 2. The molecular weight excluding hydrogens is 302 g/mol. The minimum absolute atomic E-state index is 0.0173. The lowest BCUT2D eigenvalue weighted by Gasteiger charge is -2.25. The summed E-state index contributed by atoms with van der Waals surface area (Å²) in [4.78, 5) is 25.9. The third kappa shape index (κ3) is 4.43. The Morgan fingerprint density at radius 1 is 1.08 bits per heavy atom. The zero-order valence-corrected chi connectivity index (χ0v) is 14.2. The molecule has 5 nitrogen and oxygen atoms in total. The van der Waals surface area contributed by atoms with E-state index >= 15 is 0 Å². The van der Waals surface area contributed by atoms with Crippen LogP contribution in [0.5, 0.6) is 0 Å². The Bertz CT molecular complexity index is 701. The second-order valence-electron chi connectivity index (χ2n) is 5.66. The van der Waals surface area contributed by atoms with Crippen LogP contribution in [0.25, 0.3) is 0 Å². The molecule has 0 bridgehead atoms. The zero-order chi connectivity index (χ0) is 17.5. The van der Waals surface area contributed by atoms with Crippen molar-refractivity contribution in [2.24, 2.45) is 0 Å². The maximum atomic E-state index is 12.2. The molecule has 5 heteroatoms. The van der Waals surface area contributed by atoms with Crippen LogP contribution in [0.3, 0.4) is 0 Å². The van der Waals surface area contributed by atoms with E-state index < -0.39 is 0 Å². The zero-order valence-electron chi connectivity index (χ0n) is 14.2. The third-order valence-corrected chi connectivity index (χ3v) is 3.97. The van der Waals surface area contributed by atoms with Crippen molar-refractivity contribution >= 4 is 17.5 Å². The molecule has 0 radical (unpaired) electrons. The fourth-order valence-electron chi connectivity index (χ4n) is 2.38. The van der Waals surface area contributed by atoms with Crippen LogP contribution in [0.1, 0.15) is 28.9 Å². The van der Waals surface area contributed by atoms with Gasteiger partial charge in [-0.05, 0) is 43.8 Å². The molecule has 1 atom stereocenters. The Hall–Kier alpha value is -2.66. The second kappa shape index (κ2) is 8.26. The highest BCUT2D eigenvalue weighted by Gasteiger charge is 2.17. The Balaban J connectivity index is 2.11. The van der Waals surface area contributed by atoms with Crippen molar-refractivity contribution in [2.75, 3.05) is 26.0 Å². The second-order valence-corrected chi connectivity index (χ2v) is 5.66. The van der Waals surface area contributed by atoms with Crippen LogP contribution < -0.4 is 10.6 Å². The van der Waals surface area contributed by atoms with E-state index in [2.05, 4.69) is 10.6 Å². The van der Waals surface area contributed by atoms with E-state index in [0.717, 1.165) is 5.56 Å². The van der Waals surface area contributed by atoms with Crippen LogP contribution in [0.15, 0.2) is 54.6 Å². The normalized spacial score (nSPS) is 11.6. The van der Waals surface area contributed by atoms with Crippen LogP contribution >= 0.6 is 0 Å². The highest BCUT2D eigenvalue weighted by Crippen LogP contribution is 2.22. The molecule has 0 aliphatic rings. The Morgan fingerprint density at radius 3 is 2.46 bits per heavy atom. The first kappa shape index (κ1) is 17.7. The Labute approximate surface area is 142 Å². The van der Waals surface area contributed by atoms with Gasteiger partial charge >= 0.3 is 0 Å². The monoisotopic (exact) mass is 325 g/mol. The van der Waals surface area contributed by atoms with Crippen LogP contribution in [0, 0.1) is 0 Å². The minimum Gasteiger partial charge on any atom is -0.338 e. The summed E-state index contributed by atoms with van der Waals surface area (Å²) < 4.78 is 0. The highest BCUT2D eigenvalue weighted by atomic mass is 16.2. The number of nitrogens with one attached hydrogen (secondary N) is 2. The van der Waals surface area contributed by atoms with Crippen LogP contribution in [0.2, 0.25) is 0 Å². The molecule has 0 aliphatic heterocycles. The Morgan fingerprint density at radius 2 is 1.79 bits per heavy atom. The van der Waals surface area contributed by atoms with Gasteiger partial charge in [0.25, 0.3) is 5.91 Å². The SMILES string of the molecule is CNCC(=O)N(C)[C@@H](C)c1cccc(NC(=O)c2ccccc2)c1. The van der Waals surface area contributed by atoms with Gasteiger partial charge in [0.15, 0.2) is 0 Å². The van der Waals surface area contributed by atoms with Gasteiger partial charge in [0.05, 0.1) is 12.6 Å². The molecular formula is C19H23N3O2. The van der Waals surface area contributed by atoms with Gasteiger partial charge in [-0.25, -0.2) is 0 Å². The van der Waals surface area contributed by atoms with Crippen molar-refractivity contribution in [3.05, 3.63) is 65.7 Å². The lowest BCUT2D eigenvalue weighted by Crippen LogP contribution is -2.35. The first-order valence-electron chi connectivity index (χ1n) is 7.89. The molecule has 0 heterocycles. The molecule has 0 spiro atoms. The predicted molar refractivity (Wildman–Crippen MR) is 95.9 cm³/mol. The summed E-state index contributed by atoms with van der Waals surface area (Å²) in [5, 5.41) is 5.75. The average Bonchev–Trinajstić information content (AvgIpc) is 2.61. The molecule has 0 unspecified atom stereocenters. The quantitative estimate of drug-likeness (QED) is 0.858. The number of hydrogen-bond donors (Lipinski definition) is 2. The van der Waals surface area contributed by atoms with Gasteiger partial charge in [-0.15, -0.1) is 0 Å². The number of amides is 2. The van der Waals surface area contributed by atoms with Crippen molar-refractivity contribution in [3.63, 3.8) is 0 Å². The molecule has 0 fully saturated rings. The van der Waals surface area contributed by atoms with Crippen molar-refractivity contribution in [2.45, 2.75) is 13.0 Å². The van der Waals surface area contributed by atoms with Gasteiger partial charge in [0, 0.05) is 18.3 Å². The Kier molecular flexibility index (Phi) is 6.09. The average molecular weight is 325 g/mol. The molecule has 0 saturated carbocycles. The maximum Gasteiger partial charge on any atom is 0.255 e. The van der Waals surface area contributed by atoms with Crippen LogP contribution in [-0.2, 0) is 4.79 Å². The van der Waals surface area contributed by atoms with Gasteiger partial charge in [-0.3, -0.25) is 9.59 Å². The highest BCUT2D eigenvalue weighted by molar-refractivity contribution is 6.04. The van der Waals surface area contributed by atoms with Gasteiger partial charge in [0.1, 0.15) is 0 Å². The van der Waals surface area contributed by atoms with Crippen molar-refractivity contribution in [1.29, 1.82) is 0 Å². The molecule has 24 heavy (non-hydrogen) atoms. The van der Waals surface area contributed by atoms with E-state index in [1.54, 1.807) is 31.1 Å². The van der Waals surface area contributed by atoms with Gasteiger partial charge in [0.2, 0.25) is 5.91 Å². The number of hydrogen-bond acceptors (Lipinski definition) is 3. The molecule has 0 aromatic heterocycles. The van der Waals surface area contributed by atoms with Crippen molar-refractivity contribution < 1.29 is 9.59 Å². The lowest BCUT2D eigenvalue weighted by atomic mass is 10.1. The number of rotatable bonds is 6. The molecule has 2 rings (SSSR count). The van der Waals surface area contributed by atoms with E-state index in [4.69, 9.17) is 0 Å². The number of likely N-dealkylation sites (N-methyl/N-ethyl adjacent to an activating group) is 2. The minimum atomic E-state index is -0.153. The molecule has 0 saturated heterocycles. The molecule has 2 amide bonds. The van der Waals surface area contributed by atoms with E-state index in [-0.39, 0.29) is 17.9 Å². The van der Waals surface area contributed by atoms with E-state index in [1.807, 2.05) is 49.4 Å². The summed E-state index contributed by atoms with van der Waals surface area (Å²) >= 11 is 0. The third-order valence-electron chi connectivity index (χ3n) is 3.97. The van der Waals surface area contributed by atoms with Crippen LogP contribution in [-0.4, -0.2) is 37.4 Å². The van der Waals surface area contributed by atoms with E-state index in [1.165, 1.54) is 0 Å². The summed E-state index contributed by atoms with van der Waals surface area (Å²) in [6.07, 6.45) is 0. The van der Waals surface area contributed by atoms with Gasteiger partial charge < -0.3 is 15.5 Å². The van der Waals surface area contributed by atoms with Gasteiger partial charge in [-0.2, -0.15) is 0 Å². The molecule has 2 aromatic carbocycles. The first-order chi connectivity index (χ1) is 11.5. The molecule has 0 aliphatic carbocycles. The van der Waals surface area contributed by atoms with Crippen molar-refractivity contribution in [3.8, 4) is 0 Å². The van der Waals surface area contributed by atoms with Crippen LogP contribution in [0.4, 0.5) is 5.69 Å². The number of nitrogens with zero attached hydrogens (tertiary/aromatic N) is 1. The predicted octanol–water partition coefficient (Wildman–Crippen LogP) is 2.68. The molecule has 2 N–H and O–H groups in total. The summed E-state index contributed by atoms with van der Waals surface area (Å²) in [6.45, 7) is 2.26. The first-order valence-corrected chi connectivity index (χ1v) is 7.89. The molecule has 2 aromatic rings. The fraction of sp³-hybridized carbons (Fsp3) is 0.263. The van der Waals surface area contributed by atoms with E-state index in [0.29, 0.717) is 17.8 Å². The van der Waals surface area contributed by atoms with E-state index in [9.17, 15) is 9.59 Å². The summed E-state index contributed by atoms with van der Waals surface area (Å²) in [7, 11) is 3.52. The molecule has 126 valence electrons. The van der Waals surface area contributed by atoms with Crippen molar-refractivity contribution in [1.82, 2.24) is 10.2 Å². The lowest BCUT2D eigenvalue weighted by molar-refractivity contribution is -0.130. The summed E-state index contributed by atoms with van der Waals surface area (Å²) in [5.74, 6) is -0.135. The number of benzene rings is 2.